The Labute approximate surface area is 169 Å². The van der Waals surface area contributed by atoms with Crippen LogP contribution in [0.2, 0.25) is 0 Å². The molecule has 1 aliphatic carbocycles. The quantitative estimate of drug-likeness (QED) is 0.716. The van der Waals surface area contributed by atoms with Crippen molar-refractivity contribution >= 4 is 5.91 Å². The van der Waals surface area contributed by atoms with Gasteiger partial charge in [0.25, 0.3) is 5.56 Å². The highest BCUT2D eigenvalue weighted by molar-refractivity contribution is 5.80. The summed E-state index contributed by atoms with van der Waals surface area (Å²) in [5.41, 5.74) is 1.79. The molecule has 0 atom stereocenters. The lowest BCUT2D eigenvalue weighted by atomic mass is 10.1. The summed E-state index contributed by atoms with van der Waals surface area (Å²) in [4.78, 5) is 26.6. The Bertz CT molecular complexity index is 974. The highest BCUT2D eigenvalue weighted by Crippen LogP contribution is 2.35. The molecule has 1 saturated carbocycles. The number of hydrogen-bond acceptors (Lipinski definition) is 5. The standard InChI is InChI=1S/C22H26N2O5/c1-14-8-17(11-22(26)24(14)16-5-6-16)29-18-12-23(13-18)21(25)10-15-4-7-19(27-2)20(9-15)28-3/h4,7-9,11,16,18H,5-6,10,12-13H2,1-3H3. The fraction of sp³-hybridized carbons (Fsp3) is 0.455. The van der Waals surface area contributed by atoms with Gasteiger partial charge >= 0.3 is 0 Å². The zero-order chi connectivity index (χ0) is 20.5. The van der Waals surface area contributed by atoms with Gasteiger partial charge in [-0.1, -0.05) is 6.07 Å². The van der Waals surface area contributed by atoms with E-state index in [1.54, 1.807) is 31.3 Å². The van der Waals surface area contributed by atoms with Gasteiger partial charge in [-0.05, 0) is 43.5 Å². The van der Waals surface area contributed by atoms with Crippen LogP contribution in [0.25, 0.3) is 0 Å². The number of nitrogens with zero attached hydrogens (tertiary/aromatic N) is 2. The number of pyridine rings is 1. The molecule has 0 N–H and O–H groups in total. The first kappa shape index (κ1) is 19.4. The summed E-state index contributed by atoms with van der Waals surface area (Å²) in [5, 5.41) is 0. The maximum Gasteiger partial charge on any atom is 0.254 e. The molecule has 0 spiro atoms. The van der Waals surface area contributed by atoms with Crippen LogP contribution in [0, 0.1) is 6.92 Å². The highest BCUT2D eigenvalue weighted by atomic mass is 16.5. The van der Waals surface area contributed by atoms with Crippen LogP contribution >= 0.6 is 0 Å². The van der Waals surface area contributed by atoms with Crippen LogP contribution in [-0.2, 0) is 11.2 Å². The number of ether oxygens (including phenoxy) is 3. The van der Waals surface area contributed by atoms with Crippen molar-refractivity contribution in [1.29, 1.82) is 0 Å². The van der Waals surface area contributed by atoms with Gasteiger partial charge in [0.05, 0.1) is 33.7 Å². The Morgan fingerprint density at radius 3 is 2.41 bits per heavy atom. The molecule has 2 fully saturated rings. The van der Waals surface area contributed by atoms with Gasteiger partial charge in [-0.15, -0.1) is 0 Å². The smallest absolute Gasteiger partial charge is 0.254 e. The summed E-state index contributed by atoms with van der Waals surface area (Å²) in [6, 6.07) is 9.31. The Morgan fingerprint density at radius 1 is 1.07 bits per heavy atom. The number of carbonyl (C=O) groups excluding carboxylic acids is 1. The number of methoxy groups -OCH3 is 2. The predicted molar refractivity (Wildman–Crippen MR) is 108 cm³/mol. The van der Waals surface area contributed by atoms with Crippen molar-refractivity contribution in [3.63, 3.8) is 0 Å². The van der Waals surface area contributed by atoms with Crippen molar-refractivity contribution in [2.75, 3.05) is 27.3 Å². The lowest BCUT2D eigenvalue weighted by molar-refractivity contribution is -0.139. The van der Waals surface area contributed by atoms with E-state index < -0.39 is 0 Å². The topological polar surface area (TPSA) is 70.0 Å². The molecule has 29 heavy (non-hydrogen) atoms. The summed E-state index contributed by atoms with van der Waals surface area (Å²) in [7, 11) is 3.16. The Balaban J connectivity index is 1.32. The molecule has 0 radical (unpaired) electrons. The van der Waals surface area contributed by atoms with Crippen molar-refractivity contribution < 1.29 is 19.0 Å². The first-order valence-corrected chi connectivity index (χ1v) is 9.87. The highest BCUT2D eigenvalue weighted by Gasteiger charge is 2.33. The molecule has 2 aliphatic rings. The van der Waals surface area contributed by atoms with Crippen molar-refractivity contribution in [2.24, 2.45) is 0 Å². The largest absolute Gasteiger partial charge is 0.493 e. The van der Waals surface area contributed by atoms with Gasteiger partial charge in [-0.2, -0.15) is 0 Å². The third kappa shape index (κ3) is 4.09. The average Bonchev–Trinajstić information content (AvgIpc) is 3.48. The molecular weight excluding hydrogens is 372 g/mol. The van der Waals surface area contributed by atoms with Crippen molar-refractivity contribution in [1.82, 2.24) is 9.47 Å². The maximum absolute atomic E-state index is 12.5. The van der Waals surface area contributed by atoms with Gasteiger partial charge in [-0.25, -0.2) is 0 Å². The van der Waals surface area contributed by atoms with Crippen LogP contribution in [0.4, 0.5) is 0 Å². The zero-order valence-electron chi connectivity index (χ0n) is 17.0. The Morgan fingerprint density at radius 2 is 1.79 bits per heavy atom. The third-order valence-electron chi connectivity index (χ3n) is 5.45. The van der Waals surface area contributed by atoms with Crippen molar-refractivity contribution in [3.05, 3.63) is 51.9 Å². The number of aryl methyl sites for hydroxylation is 1. The molecule has 2 heterocycles. The maximum atomic E-state index is 12.5. The van der Waals surface area contributed by atoms with Gasteiger partial charge in [0.15, 0.2) is 11.5 Å². The molecule has 7 nitrogen and oxygen atoms in total. The normalized spacial score (nSPS) is 16.3. The van der Waals surface area contributed by atoms with Crippen LogP contribution in [0.5, 0.6) is 17.2 Å². The SMILES string of the molecule is COc1ccc(CC(=O)N2CC(Oc3cc(C)n(C4CC4)c(=O)c3)C2)cc1OC. The molecule has 154 valence electrons. The second-order valence-corrected chi connectivity index (χ2v) is 7.68. The molecule has 0 unspecified atom stereocenters. The molecule has 1 amide bonds. The van der Waals surface area contributed by atoms with Gasteiger partial charge in [0.1, 0.15) is 11.9 Å². The van der Waals surface area contributed by atoms with Crippen LogP contribution < -0.4 is 19.8 Å². The number of hydrogen-bond donors (Lipinski definition) is 0. The van der Waals surface area contributed by atoms with E-state index in [-0.39, 0.29) is 17.6 Å². The van der Waals surface area contributed by atoms with Crippen molar-refractivity contribution in [2.45, 2.75) is 38.3 Å². The van der Waals surface area contributed by atoms with Gasteiger partial charge in [0.2, 0.25) is 5.91 Å². The van der Waals surface area contributed by atoms with Gasteiger partial charge in [0, 0.05) is 17.8 Å². The molecule has 1 aromatic carbocycles. The van der Waals surface area contributed by atoms with E-state index in [0.29, 0.717) is 42.8 Å². The van der Waals surface area contributed by atoms with E-state index in [1.165, 1.54) is 0 Å². The summed E-state index contributed by atoms with van der Waals surface area (Å²) in [5.74, 6) is 1.87. The molecule has 7 heteroatoms. The number of likely N-dealkylation sites (tertiary alicyclic amines) is 1. The molecular formula is C22H26N2O5. The lowest BCUT2D eigenvalue weighted by Gasteiger charge is -2.39. The monoisotopic (exact) mass is 398 g/mol. The number of carbonyl (C=O) groups is 1. The Kier molecular flexibility index (Phi) is 5.22. The van der Waals surface area contributed by atoms with Crippen LogP contribution in [0.1, 0.15) is 30.1 Å². The fourth-order valence-electron chi connectivity index (χ4n) is 3.74. The number of amides is 1. The average molecular weight is 398 g/mol. The second-order valence-electron chi connectivity index (χ2n) is 7.68. The summed E-state index contributed by atoms with van der Waals surface area (Å²) < 4.78 is 18.3. The van der Waals surface area contributed by atoms with E-state index >= 15 is 0 Å². The zero-order valence-corrected chi connectivity index (χ0v) is 17.0. The third-order valence-corrected chi connectivity index (χ3v) is 5.45. The predicted octanol–water partition coefficient (Wildman–Crippen LogP) is 2.34. The van der Waals surface area contributed by atoms with Crippen molar-refractivity contribution in [3.8, 4) is 17.2 Å². The van der Waals surface area contributed by atoms with Gasteiger partial charge in [-0.3, -0.25) is 9.59 Å². The molecule has 4 rings (SSSR count). The van der Waals surface area contributed by atoms with E-state index in [2.05, 4.69) is 0 Å². The first-order valence-electron chi connectivity index (χ1n) is 9.87. The Hall–Kier alpha value is -2.96. The van der Waals surface area contributed by atoms with Crippen LogP contribution in [-0.4, -0.2) is 48.8 Å². The number of rotatable bonds is 7. The molecule has 0 bridgehead atoms. The van der Waals surface area contributed by atoms with E-state index in [4.69, 9.17) is 14.2 Å². The molecule has 1 aliphatic heterocycles. The summed E-state index contributed by atoms with van der Waals surface area (Å²) >= 11 is 0. The van der Waals surface area contributed by atoms with E-state index in [9.17, 15) is 9.59 Å². The molecule has 2 aromatic rings. The first-order chi connectivity index (χ1) is 14.0. The second kappa shape index (κ2) is 7.81. The van der Waals surface area contributed by atoms with Crippen LogP contribution in [0.15, 0.2) is 35.1 Å². The summed E-state index contributed by atoms with van der Waals surface area (Å²) in [6.07, 6.45) is 2.35. The minimum Gasteiger partial charge on any atom is -0.493 e. The number of aromatic nitrogens is 1. The van der Waals surface area contributed by atoms with E-state index in [0.717, 1.165) is 24.1 Å². The molecule has 1 saturated heterocycles. The minimum atomic E-state index is -0.0834. The van der Waals surface area contributed by atoms with Gasteiger partial charge < -0.3 is 23.7 Å². The number of benzene rings is 1. The fourth-order valence-corrected chi connectivity index (χ4v) is 3.74. The lowest BCUT2D eigenvalue weighted by Crippen LogP contribution is -2.56. The summed E-state index contributed by atoms with van der Waals surface area (Å²) in [6.45, 7) is 2.99. The van der Waals surface area contributed by atoms with Crippen LogP contribution in [0.3, 0.4) is 0 Å². The molecule has 1 aromatic heterocycles. The van der Waals surface area contributed by atoms with E-state index in [1.807, 2.05) is 29.7 Å². The minimum absolute atomic E-state index is 0.0109.